The summed E-state index contributed by atoms with van der Waals surface area (Å²) in [6.07, 6.45) is 1.24. The zero-order valence-electron chi connectivity index (χ0n) is 12.3. The first kappa shape index (κ1) is 15.2. The lowest BCUT2D eigenvalue weighted by Gasteiger charge is -2.07. The van der Waals surface area contributed by atoms with Crippen molar-refractivity contribution in [2.75, 3.05) is 6.61 Å². The first-order chi connectivity index (χ1) is 11.1. The van der Waals surface area contributed by atoms with Gasteiger partial charge in [0.2, 0.25) is 0 Å². The molecule has 2 heterocycles. The normalized spacial score (nSPS) is 10.8. The van der Waals surface area contributed by atoms with Crippen LogP contribution in [0, 0.1) is 0 Å². The molecule has 0 bridgehead atoms. The fourth-order valence-electron chi connectivity index (χ4n) is 2.33. The predicted octanol–water partition coefficient (Wildman–Crippen LogP) is 1.27. The van der Waals surface area contributed by atoms with E-state index in [1.807, 2.05) is 36.6 Å². The Hall–Kier alpha value is -2.67. The second kappa shape index (κ2) is 6.21. The summed E-state index contributed by atoms with van der Waals surface area (Å²) >= 11 is 1.35. The van der Waals surface area contributed by atoms with Gasteiger partial charge in [-0.2, -0.15) is 0 Å². The van der Waals surface area contributed by atoms with Crippen molar-refractivity contribution >= 4 is 27.5 Å². The molecule has 3 rings (SSSR count). The van der Waals surface area contributed by atoms with Gasteiger partial charge in [0.1, 0.15) is 10.6 Å². The van der Waals surface area contributed by atoms with Gasteiger partial charge in [0.15, 0.2) is 0 Å². The highest BCUT2D eigenvalue weighted by molar-refractivity contribution is 7.17. The fourth-order valence-corrected chi connectivity index (χ4v) is 3.24. The average molecular weight is 329 g/mol. The van der Waals surface area contributed by atoms with Crippen LogP contribution in [0.1, 0.15) is 6.92 Å². The minimum Gasteiger partial charge on any atom is -0.548 e. The molecule has 0 aliphatic rings. The molecule has 0 saturated carbocycles. The second-order valence-corrected chi connectivity index (χ2v) is 5.69. The van der Waals surface area contributed by atoms with E-state index in [0.29, 0.717) is 16.8 Å². The first-order valence-electron chi connectivity index (χ1n) is 7.00. The van der Waals surface area contributed by atoms with Crippen LogP contribution in [0.15, 0.2) is 40.8 Å². The molecule has 0 amide bonds. The molecule has 0 fully saturated rings. The maximum absolute atomic E-state index is 12.5. The van der Waals surface area contributed by atoms with Gasteiger partial charge in [0.25, 0.3) is 5.56 Å². The third kappa shape index (κ3) is 2.95. The standard InChI is InChI=1S/C16H14N2O4S/c1-2-22-11-5-3-10(4-6-11)12-8-23-15-14(12)16(21)18(9-17-15)7-13(19)20/h3-6,8-9H,2,7H2,1H3,(H,19,20)/p-1. The Bertz CT molecular complexity index is 912. The Morgan fingerprint density at radius 3 is 2.74 bits per heavy atom. The van der Waals surface area contributed by atoms with Crippen molar-refractivity contribution in [3.05, 3.63) is 46.3 Å². The lowest BCUT2D eigenvalue weighted by atomic mass is 10.1. The largest absolute Gasteiger partial charge is 0.548 e. The third-order valence-electron chi connectivity index (χ3n) is 3.34. The molecule has 6 nitrogen and oxygen atoms in total. The van der Waals surface area contributed by atoms with Crippen molar-refractivity contribution in [2.45, 2.75) is 13.5 Å². The van der Waals surface area contributed by atoms with E-state index < -0.39 is 12.5 Å². The van der Waals surface area contributed by atoms with Crippen LogP contribution in [0.4, 0.5) is 0 Å². The summed E-state index contributed by atoms with van der Waals surface area (Å²) in [6, 6.07) is 7.39. The zero-order chi connectivity index (χ0) is 16.4. The van der Waals surface area contributed by atoms with Crippen molar-refractivity contribution in [3.8, 4) is 16.9 Å². The number of fused-ring (bicyclic) bond motifs is 1. The number of carboxylic acid groups (broad SMARTS) is 1. The monoisotopic (exact) mass is 329 g/mol. The summed E-state index contributed by atoms with van der Waals surface area (Å²) in [5, 5.41) is 13.0. The van der Waals surface area contributed by atoms with Gasteiger partial charge in [0.05, 0.1) is 30.8 Å². The van der Waals surface area contributed by atoms with E-state index in [1.54, 1.807) is 0 Å². The first-order valence-corrected chi connectivity index (χ1v) is 7.88. The number of rotatable bonds is 5. The molecular weight excluding hydrogens is 316 g/mol. The van der Waals surface area contributed by atoms with Gasteiger partial charge < -0.3 is 14.6 Å². The van der Waals surface area contributed by atoms with Gasteiger partial charge in [0, 0.05) is 10.9 Å². The van der Waals surface area contributed by atoms with Crippen molar-refractivity contribution in [1.82, 2.24) is 9.55 Å². The zero-order valence-corrected chi connectivity index (χ0v) is 13.1. The van der Waals surface area contributed by atoms with Gasteiger partial charge in [-0.25, -0.2) is 4.98 Å². The number of carboxylic acids is 1. The number of aliphatic carboxylic acids is 1. The van der Waals surface area contributed by atoms with Crippen LogP contribution >= 0.6 is 11.3 Å². The number of ether oxygens (including phenoxy) is 1. The molecule has 23 heavy (non-hydrogen) atoms. The summed E-state index contributed by atoms with van der Waals surface area (Å²) in [4.78, 5) is 28.0. The third-order valence-corrected chi connectivity index (χ3v) is 4.22. The summed E-state index contributed by atoms with van der Waals surface area (Å²) in [5.74, 6) is -0.575. The Kier molecular flexibility index (Phi) is 4.12. The molecule has 0 aliphatic carbocycles. The van der Waals surface area contributed by atoms with Gasteiger partial charge in [-0.1, -0.05) is 12.1 Å². The van der Waals surface area contributed by atoms with Gasteiger partial charge in [-0.15, -0.1) is 11.3 Å². The highest BCUT2D eigenvalue weighted by Crippen LogP contribution is 2.31. The maximum Gasteiger partial charge on any atom is 0.263 e. The molecule has 1 aromatic carbocycles. The Balaban J connectivity index is 2.10. The summed E-state index contributed by atoms with van der Waals surface area (Å²) in [6.45, 7) is 1.98. The van der Waals surface area contributed by atoms with Crippen LogP contribution in [-0.4, -0.2) is 22.1 Å². The molecule has 0 spiro atoms. The Labute approximate surface area is 135 Å². The van der Waals surface area contributed by atoms with E-state index in [9.17, 15) is 14.7 Å². The van der Waals surface area contributed by atoms with E-state index in [2.05, 4.69) is 4.98 Å². The number of nitrogens with zero attached hydrogens (tertiary/aromatic N) is 2. The number of thiophene rings is 1. The lowest BCUT2D eigenvalue weighted by Crippen LogP contribution is -2.32. The van der Waals surface area contributed by atoms with Crippen molar-refractivity contribution in [3.63, 3.8) is 0 Å². The maximum atomic E-state index is 12.5. The van der Waals surface area contributed by atoms with Crippen molar-refractivity contribution < 1.29 is 14.6 Å². The van der Waals surface area contributed by atoms with E-state index in [1.165, 1.54) is 17.7 Å². The molecule has 2 aromatic heterocycles. The topological polar surface area (TPSA) is 84.2 Å². The molecule has 118 valence electrons. The number of carbonyl (C=O) groups is 1. The molecule has 3 aromatic rings. The van der Waals surface area contributed by atoms with Gasteiger partial charge in [-0.05, 0) is 24.6 Å². The van der Waals surface area contributed by atoms with E-state index in [4.69, 9.17) is 4.74 Å². The highest BCUT2D eigenvalue weighted by Gasteiger charge is 2.13. The van der Waals surface area contributed by atoms with Crippen LogP contribution in [0.5, 0.6) is 5.75 Å². The van der Waals surface area contributed by atoms with Crippen LogP contribution < -0.4 is 15.4 Å². The average Bonchev–Trinajstić information content (AvgIpc) is 2.96. The number of carbonyl (C=O) groups excluding carboxylic acids is 1. The minimum absolute atomic E-state index is 0.385. The number of hydrogen-bond donors (Lipinski definition) is 0. The van der Waals surface area contributed by atoms with E-state index in [0.717, 1.165) is 21.4 Å². The van der Waals surface area contributed by atoms with Crippen LogP contribution in [0.2, 0.25) is 0 Å². The quantitative estimate of drug-likeness (QED) is 0.704. The molecule has 0 saturated heterocycles. The Morgan fingerprint density at radius 1 is 1.35 bits per heavy atom. The molecular formula is C16H13N2O4S-. The van der Waals surface area contributed by atoms with Crippen LogP contribution in [0.25, 0.3) is 21.3 Å². The van der Waals surface area contributed by atoms with E-state index >= 15 is 0 Å². The lowest BCUT2D eigenvalue weighted by molar-refractivity contribution is -0.306. The molecule has 0 atom stereocenters. The van der Waals surface area contributed by atoms with Gasteiger partial charge >= 0.3 is 0 Å². The van der Waals surface area contributed by atoms with Gasteiger partial charge in [-0.3, -0.25) is 9.36 Å². The molecule has 0 aliphatic heterocycles. The van der Waals surface area contributed by atoms with Crippen LogP contribution in [0.3, 0.4) is 0 Å². The highest BCUT2D eigenvalue weighted by atomic mass is 32.1. The summed E-state index contributed by atoms with van der Waals surface area (Å²) in [5.41, 5.74) is 1.20. The predicted molar refractivity (Wildman–Crippen MR) is 85.5 cm³/mol. The minimum atomic E-state index is -1.33. The Morgan fingerprint density at radius 2 is 2.09 bits per heavy atom. The molecule has 0 radical (unpaired) electrons. The number of aromatic nitrogens is 2. The van der Waals surface area contributed by atoms with Crippen molar-refractivity contribution in [1.29, 1.82) is 0 Å². The fraction of sp³-hybridized carbons (Fsp3) is 0.188. The number of benzene rings is 1. The van der Waals surface area contributed by atoms with E-state index in [-0.39, 0.29) is 5.56 Å². The SMILES string of the molecule is CCOc1ccc(-c2csc3ncn(CC(=O)[O-])c(=O)c23)cc1. The molecule has 0 unspecified atom stereocenters. The van der Waals surface area contributed by atoms with Crippen LogP contribution in [-0.2, 0) is 11.3 Å². The number of hydrogen-bond acceptors (Lipinski definition) is 6. The molecule has 0 N–H and O–H groups in total. The van der Waals surface area contributed by atoms with Crippen molar-refractivity contribution in [2.24, 2.45) is 0 Å². The smallest absolute Gasteiger partial charge is 0.263 e. The molecule has 7 heteroatoms. The summed E-state index contributed by atoms with van der Waals surface area (Å²) in [7, 11) is 0. The second-order valence-electron chi connectivity index (χ2n) is 4.84. The summed E-state index contributed by atoms with van der Waals surface area (Å²) < 4.78 is 6.45.